The highest BCUT2D eigenvalue weighted by Crippen LogP contribution is 2.45. The molecule has 32 heavy (non-hydrogen) atoms. The molecule has 4 aromatic rings. The van der Waals surface area contributed by atoms with Crippen LogP contribution < -0.4 is 5.32 Å². The fraction of sp³-hybridized carbons (Fsp3) is 0.250. The molecule has 2 aromatic carbocycles. The molecule has 0 unspecified atom stereocenters. The molecule has 1 amide bonds. The summed E-state index contributed by atoms with van der Waals surface area (Å²) in [4.78, 5) is 19.6. The maximum atomic E-state index is 14.5. The van der Waals surface area contributed by atoms with Gasteiger partial charge in [0.25, 0.3) is 0 Å². The van der Waals surface area contributed by atoms with Gasteiger partial charge in [0.1, 0.15) is 29.8 Å². The van der Waals surface area contributed by atoms with Gasteiger partial charge in [-0.1, -0.05) is 0 Å². The lowest BCUT2D eigenvalue weighted by Crippen LogP contribution is -2.44. The zero-order valence-corrected chi connectivity index (χ0v) is 17.3. The average Bonchev–Trinajstić information content (AvgIpc) is 3.29. The summed E-state index contributed by atoms with van der Waals surface area (Å²) in [5.41, 5.74) is 2.36. The highest BCUT2D eigenvalue weighted by atomic mass is 19.1. The van der Waals surface area contributed by atoms with E-state index in [1.165, 1.54) is 18.2 Å². The van der Waals surface area contributed by atoms with Crippen LogP contribution >= 0.6 is 0 Å². The molecule has 2 N–H and O–H groups in total. The van der Waals surface area contributed by atoms with Gasteiger partial charge in [0.05, 0.1) is 11.2 Å². The van der Waals surface area contributed by atoms with Crippen LogP contribution in [-0.2, 0) is 11.3 Å². The Kier molecular flexibility index (Phi) is 5.00. The third-order valence-electron chi connectivity index (χ3n) is 6.15. The molecule has 8 heteroatoms. The van der Waals surface area contributed by atoms with Crippen molar-refractivity contribution in [2.24, 2.45) is 0 Å². The van der Waals surface area contributed by atoms with E-state index in [1.54, 1.807) is 29.1 Å². The van der Waals surface area contributed by atoms with Gasteiger partial charge in [-0.05, 0) is 67.1 Å². The van der Waals surface area contributed by atoms with Crippen LogP contribution in [0.1, 0.15) is 30.1 Å². The number of hydrogen-bond donors (Lipinski definition) is 2. The molecule has 1 saturated carbocycles. The second kappa shape index (κ2) is 7.85. The number of nitrogens with one attached hydrogen (secondary N) is 2. The van der Waals surface area contributed by atoms with Gasteiger partial charge in [0, 0.05) is 29.9 Å². The summed E-state index contributed by atoms with van der Waals surface area (Å²) in [5.74, 6) is -1.04. The number of aromatic nitrogens is 3. The molecular weight excluding hydrogens is 417 g/mol. The summed E-state index contributed by atoms with van der Waals surface area (Å²) in [7, 11) is 0. The second-order valence-corrected chi connectivity index (χ2v) is 8.27. The molecule has 0 atom stereocenters. The Morgan fingerprint density at radius 1 is 1.16 bits per heavy atom. The summed E-state index contributed by atoms with van der Waals surface area (Å²) in [6, 6.07) is 8.05. The van der Waals surface area contributed by atoms with Crippen molar-refractivity contribution in [2.45, 2.75) is 38.3 Å². The number of benzene rings is 2. The first-order chi connectivity index (χ1) is 15.4. The van der Waals surface area contributed by atoms with Gasteiger partial charge < -0.3 is 14.9 Å². The van der Waals surface area contributed by atoms with Gasteiger partial charge in [0.2, 0.25) is 5.91 Å². The zero-order chi connectivity index (χ0) is 22.4. The minimum absolute atomic E-state index is 0.00489. The SMILES string of the molecule is Cc1nccn1CC(=O)N[C@H]1C[C@@H](c2c(-c3ccc(F)cc3)[nH]c3c(F)cc(F)cc32)C1. The van der Waals surface area contributed by atoms with Crippen molar-refractivity contribution in [1.29, 1.82) is 0 Å². The third kappa shape index (κ3) is 3.66. The van der Waals surface area contributed by atoms with Crippen LogP contribution in [0.5, 0.6) is 0 Å². The van der Waals surface area contributed by atoms with Crippen LogP contribution in [0.25, 0.3) is 22.2 Å². The minimum atomic E-state index is -0.672. The molecule has 2 aromatic heterocycles. The Morgan fingerprint density at radius 2 is 1.91 bits per heavy atom. The normalized spacial score (nSPS) is 18.0. The molecule has 0 bridgehead atoms. The van der Waals surface area contributed by atoms with E-state index in [2.05, 4.69) is 15.3 Å². The Hall–Kier alpha value is -3.55. The van der Waals surface area contributed by atoms with E-state index < -0.39 is 11.6 Å². The van der Waals surface area contributed by atoms with E-state index in [0.29, 0.717) is 29.5 Å². The Morgan fingerprint density at radius 3 is 2.59 bits per heavy atom. The minimum Gasteiger partial charge on any atom is -0.352 e. The number of aromatic amines is 1. The number of nitrogens with zero attached hydrogens (tertiary/aromatic N) is 2. The lowest BCUT2D eigenvalue weighted by Gasteiger charge is -2.36. The maximum absolute atomic E-state index is 14.5. The molecule has 1 fully saturated rings. The first kappa shape index (κ1) is 20.4. The van der Waals surface area contributed by atoms with Crippen LogP contribution in [-0.4, -0.2) is 26.5 Å². The summed E-state index contributed by atoms with van der Waals surface area (Å²) < 4.78 is 43.7. The highest BCUT2D eigenvalue weighted by molar-refractivity contribution is 5.92. The van der Waals surface area contributed by atoms with Crippen molar-refractivity contribution in [3.05, 3.63) is 77.6 Å². The largest absolute Gasteiger partial charge is 0.352 e. The summed E-state index contributed by atoms with van der Waals surface area (Å²) in [5, 5.41) is 3.49. The molecule has 0 radical (unpaired) electrons. The molecular formula is C24H21F3N4O. The molecule has 5 rings (SSSR count). The van der Waals surface area contributed by atoms with Gasteiger partial charge in [-0.25, -0.2) is 18.2 Å². The fourth-order valence-electron chi connectivity index (χ4n) is 4.48. The van der Waals surface area contributed by atoms with Crippen molar-refractivity contribution < 1.29 is 18.0 Å². The van der Waals surface area contributed by atoms with E-state index in [4.69, 9.17) is 0 Å². The van der Waals surface area contributed by atoms with Crippen LogP contribution in [0.3, 0.4) is 0 Å². The third-order valence-corrected chi connectivity index (χ3v) is 6.15. The number of aryl methyl sites for hydroxylation is 1. The van der Waals surface area contributed by atoms with Crippen LogP contribution in [0.4, 0.5) is 13.2 Å². The lowest BCUT2D eigenvalue weighted by molar-refractivity contribution is -0.123. The van der Waals surface area contributed by atoms with E-state index in [9.17, 15) is 18.0 Å². The van der Waals surface area contributed by atoms with Gasteiger partial charge >= 0.3 is 0 Å². The zero-order valence-electron chi connectivity index (χ0n) is 17.3. The van der Waals surface area contributed by atoms with Crippen molar-refractivity contribution in [2.75, 3.05) is 0 Å². The first-order valence-electron chi connectivity index (χ1n) is 10.4. The number of hydrogen-bond acceptors (Lipinski definition) is 2. The molecule has 164 valence electrons. The van der Waals surface area contributed by atoms with Crippen molar-refractivity contribution in [1.82, 2.24) is 19.9 Å². The number of carbonyl (C=O) groups excluding carboxylic acids is 1. The maximum Gasteiger partial charge on any atom is 0.240 e. The highest BCUT2D eigenvalue weighted by Gasteiger charge is 2.35. The molecule has 1 aliphatic carbocycles. The smallest absolute Gasteiger partial charge is 0.240 e. The molecule has 1 aliphatic rings. The van der Waals surface area contributed by atoms with Gasteiger partial charge in [0.15, 0.2) is 0 Å². The number of amides is 1. The first-order valence-corrected chi connectivity index (χ1v) is 10.4. The molecule has 5 nitrogen and oxygen atoms in total. The predicted octanol–water partition coefficient (Wildman–Crippen LogP) is 4.82. The van der Waals surface area contributed by atoms with Gasteiger partial charge in [-0.15, -0.1) is 0 Å². The number of halogens is 3. The van der Waals surface area contributed by atoms with Crippen LogP contribution in [0, 0.1) is 24.4 Å². The Balaban J connectivity index is 1.40. The average molecular weight is 438 g/mol. The Bertz CT molecular complexity index is 1300. The Labute approximate surface area is 182 Å². The number of rotatable bonds is 5. The van der Waals surface area contributed by atoms with Crippen molar-refractivity contribution in [3.8, 4) is 11.3 Å². The molecule has 0 aliphatic heterocycles. The van der Waals surface area contributed by atoms with Crippen molar-refractivity contribution >= 4 is 16.8 Å². The van der Waals surface area contributed by atoms with Crippen molar-refractivity contribution in [3.63, 3.8) is 0 Å². The number of imidazole rings is 1. The summed E-state index contributed by atoms with van der Waals surface area (Å²) in [6.45, 7) is 2.02. The lowest BCUT2D eigenvalue weighted by atomic mass is 9.74. The summed E-state index contributed by atoms with van der Waals surface area (Å²) in [6.07, 6.45) is 4.69. The predicted molar refractivity (Wildman–Crippen MR) is 114 cm³/mol. The second-order valence-electron chi connectivity index (χ2n) is 8.27. The van der Waals surface area contributed by atoms with E-state index in [-0.39, 0.29) is 35.7 Å². The van der Waals surface area contributed by atoms with Crippen LogP contribution in [0.2, 0.25) is 0 Å². The number of fused-ring (bicyclic) bond motifs is 1. The van der Waals surface area contributed by atoms with E-state index >= 15 is 0 Å². The monoisotopic (exact) mass is 438 g/mol. The fourth-order valence-corrected chi connectivity index (χ4v) is 4.48. The molecule has 2 heterocycles. The van der Waals surface area contributed by atoms with Crippen LogP contribution in [0.15, 0.2) is 48.8 Å². The topological polar surface area (TPSA) is 62.7 Å². The molecule has 0 saturated heterocycles. The van der Waals surface area contributed by atoms with E-state index in [0.717, 1.165) is 17.5 Å². The molecule has 0 spiro atoms. The summed E-state index contributed by atoms with van der Waals surface area (Å²) >= 11 is 0. The van der Waals surface area contributed by atoms with E-state index in [1.807, 2.05) is 6.92 Å². The van der Waals surface area contributed by atoms with Gasteiger partial charge in [-0.2, -0.15) is 0 Å². The number of carbonyl (C=O) groups is 1. The standard InChI is InChI=1S/C24H21F3N4O/c1-13-28-6-7-31(13)12-21(32)29-18-8-15(9-18)22-19-10-17(26)11-20(27)24(19)30-23(22)14-2-4-16(25)5-3-14/h2-7,10-11,15,18,30H,8-9,12H2,1H3,(H,29,32)/t15-,18+. The number of H-pyrrole nitrogens is 1. The van der Waals surface area contributed by atoms with Gasteiger partial charge in [-0.3, -0.25) is 4.79 Å². The quantitative estimate of drug-likeness (QED) is 0.469.